The molecule has 0 saturated carbocycles. The van der Waals surface area contributed by atoms with Gasteiger partial charge < -0.3 is 18.7 Å². The Morgan fingerprint density at radius 2 is 1.89 bits per heavy atom. The number of phenolic OH excluding ortho intramolecular Hbond substituents is 1. The van der Waals surface area contributed by atoms with Crippen LogP contribution in [0, 0.1) is 6.92 Å². The summed E-state index contributed by atoms with van der Waals surface area (Å²) in [6.45, 7) is 3.04. The molecule has 0 bridgehead atoms. The molecule has 6 nitrogen and oxygen atoms in total. The lowest BCUT2D eigenvalue weighted by Gasteiger charge is -2.13. The van der Waals surface area contributed by atoms with Gasteiger partial charge in [0, 0.05) is 11.6 Å². The molecule has 148 valence electrons. The molecule has 2 heterocycles. The summed E-state index contributed by atoms with van der Waals surface area (Å²) in [6, 6.07) is 3.28. The summed E-state index contributed by atoms with van der Waals surface area (Å²) in [4.78, 5) is 24.6. The Kier molecular flexibility index (Phi) is 4.70. The molecular weight excluding hydrogens is 381 g/mol. The summed E-state index contributed by atoms with van der Waals surface area (Å²) >= 11 is 0. The molecule has 28 heavy (non-hydrogen) atoms. The summed E-state index contributed by atoms with van der Waals surface area (Å²) in [7, 11) is 1.09. The Bertz CT molecular complexity index is 1140. The van der Waals surface area contributed by atoms with Gasteiger partial charge in [0.1, 0.15) is 17.1 Å². The highest BCUT2D eigenvalue weighted by Crippen LogP contribution is 2.40. The number of esters is 1. The van der Waals surface area contributed by atoms with Gasteiger partial charge in [0.2, 0.25) is 16.9 Å². The average molecular weight is 396 g/mol. The van der Waals surface area contributed by atoms with Crippen molar-refractivity contribution in [3.05, 3.63) is 51.3 Å². The number of hydrogen-bond acceptors (Lipinski definition) is 6. The number of furan rings is 1. The van der Waals surface area contributed by atoms with Crippen LogP contribution in [0.5, 0.6) is 5.75 Å². The predicted octanol–water partition coefficient (Wildman–Crippen LogP) is 4.43. The topological polar surface area (TPSA) is 89.9 Å². The van der Waals surface area contributed by atoms with Crippen LogP contribution in [-0.2, 0) is 17.3 Å². The molecule has 1 aromatic carbocycles. The second-order valence-corrected chi connectivity index (χ2v) is 6.04. The van der Waals surface area contributed by atoms with Gasteiger partial charge in [0.25, 0.3) is 0 Å². The number of carbonyl (C=O) groups is 1. The number of halogens is 3. The minimum Gasteiger partial charge on any atom is -0.508 e. The summed E-state index contributed by atoms with van der Waals surface area (Å²) in [5.74, 6) is -3.14. The maximum Gasteiger partial charge on any atom is 0.450 e. The minimum absolute atomic E-state index is 0.0768. The number of hydrogen-bond donors (Lipinski definition) is 1. The number of phenols is 1. The van der Waals surface area contributed by atoms with Crippen molar-refractivity contribution in [1.82, 2.24) is 0 Å². The average Bonchev–Trinajstić information content (AvgIpc) is 3.01. The van der Waals surface area contributed by atoms with Crippen molar-refractivity contribution >= 4 is 16.9 Å². The van der Waals surface area contributed by atoms with E-state index in [1.165, 1.54) is 13.0 Å². The van der Waals surface area contributed by atoms with Gasteiger partial charge in [-0.2, -0.15) is 13.2 Å². The lowest BCUT2D eigenvalue weighted by molar-refractivity contribution is -0.152. The lowest BCUT2D eigenvalue weighted by atomic mass is 10.00. The van der Waals surface area contributed by atoms with E-state index < -0.39 is 34.5 Å². The zero-order valence-electron chi connectivity index (χ0n) is 15.1. The third-order valence-corrected chi connectivity index (χ3v) is 4.30. The van der Waals surface area contributed by atoms with Gasteiger partial charge in [-0.1, -0.05) is 6.92 Å². The van der Waals surface area contributed by atoms with Crippen LogP contribution in [0.3, 0.4) is 0 Å². The van der Waals surface area contributed by atoms with Gasteiger partial charge in [-0.15, -0.1) is 0 Å². The Hall–Kier alpha value is -3.23. The van der Waals surface area contributed by atoms with Crippen LogP contribution in [0.4, 0.5) is 13.2 Å². The molecular formula is C19H15F3O6. The normalized spacial score (nSPS) is 11.8. The van der Waals surface area contributed by atoms with Gasteiger partial charge in [0.05, 0.1) is 18.1 Å². The SMILES string of the molecule is CCc1cc2c(=O)c(-c3cc(C(=O)OC)oc3C)c(C(F)(F)F)oc2cc1O. The molecule has 0 amide bonds. The number of aromatic hydroxyl groups is 1. The van der Waals surface area contributed by atoms with Crippen LogP contribution in [0.15, 0.2) is 31.8 Å². The standard InChI is InChI=1S/C19H15F3O6/c1-4-9-5-11-13(7-12(9)23)28-17(19(20,21)22)15(16(11)24)10-6-14(18(25)26-3)27-8(10)2/h5-7,23H,4H2,1-3H3. The Morgan fingerprint density at radius 3 is 2.46 bits per heavy atom. The van der Waals surface area contributed by atoms with E-state index in [4.69, 9.17) is 8.83 Å². The molecule has 0 spiro atoms. The molecule has 2 aromatic heterocycles. The van der Waals surface area contributed by atoms with E-state index in [-0.39, 0.29) is 28.2 Å². The van der Waals surface area contributed by atoms with E-state index in [1.54, 1.807) is 6.92 Å². The number of fused-ring (bicyclic) bond motifs is 1. The molecule has 3 aromatic rings. The summed E-state index contributed by atoms with van der Waals surface area (Å²) in [5, 5.41) is 9.78. The van der Waals surface area contributed by atoms with E-state index in [2.05, 4.69) is 4.74 Å². The predicted molar refractivity (Wildman–Crippen MR) is 92.3 cm³/mol. The summed E-state index contributed by atoms with van der Waals surface area (Å²) in [6.07, 6.45) is -4.65. The van der Waals surface area contributed by atoms with Crippen LogP contribution >= 0.6 is 0 Å². The van der Waals surface area contributed by atoms with E-state index in [0.717, 1.165) is 19.2 Å². The van der Waals surface area contributed by atoms with Crippen LogP contribution in [0.2, 0.25) is 0 Å². The highest BCUT2D eigenvalue weighted by atomic mass is 19.4. The molecule has 3 rings (SSSR count). The zero-order valence-corrected chi connectivity index (χ0v) is 15.1. The third kappa shape index (κ3) is 3.12. The maximum atomic E-state index is 13.6. The second-order valence-electron chi connectivity index (χ2n) is 6.04. The van der Waals surface area contributed by atoms with Crippen molar-refractivity contribution in [2.24, 2.45) is 0 Å². The van der Waals surface area contributed by atoms with Gasteiger partial charge in [-0.3, -0.25) is 4.79 Å². The van der Waals surface area contributed by atoms with Crippen LogP contribution < -0.4 is 5.43 Å². The van der Waals surface area contributed by atoms with E-state index in [9.17, 15) is 27.9 Å². The first kappa shape index (κ1) is 19.5. The first-order chi connectivity index (χ1) is 13.1. The van der Waals surface area contributed by atoms with Gasteiger partial charge in [0.15, 0.2) is 0 Å². The molecule has 0 radical (unpaired) electrons. The van der Waals surface area contributed by atoms with Crippen molar-refractivity contribution in [2.45, 2.75) is 26.4 Å². The molecule has 0 atom stereocenters. The minimum atomic E-state index is -5.00. The number of benzene rings is 1. The first-order valence-electron chi connectivity index (χ1n) is 8.17. The van der Waals surface area contributed by atoms with Crippen LogP contribution in [0.25, 0.3) is 22.1 Å². The highest BCUT2D eigenvalue weighted by molar-refractivity contribution is 5.90. The molecule has 9 heteroatoms. The van der Waals surface area contributed by atoms with Crippen molar-refractivity contribution in [3.63, 3.8) is 0 Å². The monoisotopic (exact) mass is 396 g/mol. The van der Waals surface area contributed by atoms with Crippen molar-refractivity contribution in [2.75, 3.05) is 7.11 Å². The van der Waals surface area contributed by atoms with Crippen LogP contribution in [0.1, 0.15) is 34.6 Å². The third-order valence-electron chi connectivity index (χ3n) is 4.30. The van der Waals surface area contributed by atoms with Crippen molar-refractivity contribution in [3.8, 4) is 16.9 Å². The molecule has 0 aliphatic heterocycles. The quantitative estimate of drug-likeness (QED) is 0.659. The van der Waals surface area contributed by atoms with Gasteiger partial charge in [-0.05, 0) is 31.0 Å². The summed E-state index contributed by atoms with van der Waals surface area (Å²) in [5.41, 5.74) is -1.97. The lowest BCUT2D eigenvalue weighted by Crippen LogP contribution is -2.16. The molecule has 0 unspecified atom stereocenters. The largest absolute Gasteiger partial charge is 0.508 e. The fourth-order valence-electron chi connectivity index (χ4n) is 2.93. The van der Waals surface area contributed by atoms with Gasteiger partial charge in [-0.25, -0.2) is 4.79 Å². The number of rotatable bonds is 3. The zero-order chi connectivity index (χ0) is 20.8. The molecule has 1 N–H and O–H groups in total. The summed E-state index contributed by atoms with van der Waals surface area (Å²) < 4.78 is 55.5. The van der Waals surface area contributed by atoms with E-state index in [1.807, 2.05) is 0 Å². The van der Waals surface area contributed by atoms with Crippen molar-refractivity contribution < 1.29 is 36.6 Å². The fraction of sp³-hybridized carbons (Fsp3) is 0.263. The molecule has 0 fully saturated rings. The number of alkyl halides is 3. The smallest absolute Gasteiger partial charge is 0.450 e. The number of ether oxygens (including phenoxy) is 1. The maximum absolute atomic E-state index is 13.6. The number of methoxy groups -OCH3 is 1. The first-order valence-corrected chi connectivity index (χ1v) is 8.17. The number of carbonyl (C=O) groups excluding carboxylic acids is 1. The van der Waals surface area contributed by atoms with E-state index >= 15 is 0 Å². The fourth-order valence-corrected chi connectivity index (χ4v) is 2.93. The second kappa shape index (κ2) is 6.74. The Balaban J connectivity index is 2.42. The Labute approximate surface area is 156 Å². The molecule has 0 aliphatic rings. The van der Waals surface area contributed by atoms with Crippen LogP contribution in [-0.4, -0.2) is 18.2 Å². The molecule has 0 aliphatic carbocycles. The molecule has 0 saturated heterocycles. The van der Waals surface area contributed by atoms with Gasteiger partial charge >= 0.3 is 12.1 Å². The number of aryl methyl sites for hydroxylation is 2. The van der Waals surface area contributed by atoms with E-state index in [0.29, 0.717) is 12.0 Å². The highest BCUT2D eigenvalue weighted by Gasteiger charge is 2.40. The Morgan fingerprint density at radius 1 is 1.21 bits per heavy atom. The van der Waals surface area contributed by atoms with Crippen molar-refractivity contribution in [1.29, 1.82) is 0 Å².